The van der Waals surface area contributed by atoms with Gasteiger partial charge in [-0.15, -0.1) is 12.4 Å². The number of carbonyl (C=O) groups is 2. The summed E-state index contributed by atoms with van der Waals surface area (Å²) in [5.41, 5.74) is -0.552. The second-order valence-electron chi connectivity index (χ2n) is 6.99. The van der Waals surface area contributed by atoms with Gasteiger partial charge in [0.1, 0.15) is 17.4 Å². The lowest BCUT2D eigenvalue weighted by Crippen LogP contribution is -2.57. The molecule has 0 saturated carbocycles. The molecule has 0 spiro atoms. The predicted octanol–water partition coefficient (Wildman–Crippen LogP) is 1.44. The zero-order valence-electron chi connectivity index (χ0n) is 15.3. The van der Waals surface area contributed by atoms with Gasteiger partial charge >= 0.3 is 0 Å². The van der Waals surface area contributed by atoms with Crippen LogP contribution in [-0.2, 0) is 15.1 Å². The van der Waals surface area contributed by atoms with Gasteiger partial charge < -0.3 is 15.5 Å². The Morgan fingerprint density at radius 3 is 2.68 bits per heavy atom. The minimum absolute atomic E-state index is 0. The summed E-state index contributed by atoms with van der Waals surface area (Å²) in [5, 5.41) is 10.4. The van der Waals surface area contributed by atoms with E-state index in [0.29, 0.717) is 38.9 Å². The van der Waals surface area contributed by atoms with Crippen LogP contribution in [0.1, 0.15) is 19.3 Å². The van der Waals surface area contributed by atoms with Gasteiger partial charge in [0.25, 0.3) is 0 Å². The van der Waals surface area contributed by atoms with Crippen LogP contribution in [0, 0.1) is 5.82 Å². The highest BCUT2D eigenvalue weighted by atomic mass is 35.5. The van der Waals surface area contributed by atoms with Crippen molar-refractivity contribution in [2.75, 3.05) is 24.5 Å². The maximum absolute atomic E-state index is 14.0. The molecule has 1 aromatic heterocycles. The molecule has 1 atom stereocenters. The number of carbonyl (C=O) groups excluding carboxylic acids is 2. The third-order valence-electron chi connectivity index (χ3n) is 5.45. The van der Waals surface area contributed by atoms with Crippen molar-refractivity contribution in [3.63, 3.8) is 0 Å². The average Bonchev–Trinajstić information content (AvgIpc) is 3.34. The van der Waals surface area contributed by atoms with Gasteiger partial charge in [-0.2, -0.15) is 5.10 Å². The van der Waals surface area contributed by atoms with E-state index in [1.54, 1.807) is 41.3 Å². The smallest absolute Gasteiger partial charge is 0.249 e. The standard InChI is InChI=1S/C19H22FN5O2.ClH/c20-14-4-1-2-5-16(14)24-13-6-15(17(24)26)23-18(27)19(7-10-21-11-8-19)25-12-3-9-22-25;/h1-5,9,12,15,21H,6-8,10-11,13H2,(H,23,27);1H. The Hall–Kier alpha value is -2.45. The van der Waals surface area contributed by atoms with Crippen LogP contribution < -0.4 is 15.5 Å². The van der Waals surface area contributed by atoms with Gasteiger partial charge in [-0.05, 0) is 50.6 Å². The summed E-state index contributed by atoms with van der Waals surface area (Å²) in [6.45, 7) is 1.78. The van der Waals surface area contributed by atoms with Crippen LogP contribution in [0.25, 0.3) is 0 Å². The molecule has 2 fully saturated rings. The van der Waals surface area contributed by atoms with Gasteiger partial charge in [-0.1, -0.05) is 12.1 Å². The Bertz CT molecular complexity index is 839. The number of anilines is 1. The summed E-state index contributed by atoms with van der Waals surface area (Å²) < 4.78 is 15.7. The lowest BCUT2D eigenvalue weighted by molar-refractivity contribution is -0.135. The predicted molar refractivity (Wildman–Crippen MR) is 105 cm³/mol. The van der Waals surface area contributed by atoms with E-state index in [4.69, 9.17) is 0 Å². The first kappa shape index (κ1) is 20.3. The van der Waals surface area contributed by atoms with Crippen molar-refractivity contribution in [2.45, 2.75) is 30.8 Å². The normalized spacial score (nSPS) is 21.2. The summed E-state index contributed by atoms with van der Waals surface area (Å²) in [4.78, 5) is 27.4. The number of hydrogen-bond donors (Lipinski definition) is 2. The average molecular weight is 408 g/mol. The number of piperidine rings is 1. The van der Waals surface area contributed by atoms with Crippen molar-refractivity contribution in [1.82, 2.24) is 20.4 Å². The van der Waals surface area contributed by atoms with E-state index in [0.717, 1.165) is 0 Å². The molecular weight excluding hydrogens is 385 g/mol. The number of hydrogen-bond acceptors (Lipinski definition) is 4. The minimum atomic E-state index is -0.805. The Labute approximate surface area is 168 Å². The van der Waals surface area contributed by atoms with Gasteiger partial charge in [0.05, 0.1) is 5.69 Å². The van der Waals surface area contributed by atoms with Crippen LogP contribution in [0.15, 0.2) is 42.7 Å². The van der Waals surface area contributed by atoms with E-state index in [1.807, 2.05) is 0 Å². The molecule has 9 heteroatoms. The van der Waals surface area contributed by atoms with E-state index in [2.05, 4.69) is 15.7 Å². The van der Waals surface area contributed by atoms with Gasteiger partial charge in [0.2, 0.25) is 11.8 Å². The Morgan fingerprint density at radius 1 is 1.25 bits per heavy atom. The van der Waals surface area contributed by atoms with E-state index in [1.165, 1.54) is 11.0 Å². The molecule has 0 radical (unpaired) electrons. The number of benzene rings is 1. The highest BCUT2D eigenvalue weighted by Gasteiger charge is 2.45. The van der Waals surface area contributed by atoms with Crippen LogP contribution in [0.4, 0.5) is 10.1 Å². The van der Waals surface area contributed by atoms with Gasteiger partial charge in [-0.3, -0.25) is 14.3 Å². The molecule has 0 aliphatic carbocycles. The van der Waals surface area contributed by atoms with Gasteiger partial charge in [-0.25, -0.2) is 4.39 Å². The lowest BCUT2D eigenvalue weighted by Gasteiger charge is -2.37. The van der Waals surface area contributed by atoms with E-state index >= 15 is 0 Å². The molecule has 2 aliphatic rings. The zero-order chi connectivity index (χ0) is 18.9. The van der Waals surface area contributed by atoms with Gasteiger partial charge in [0.15, 0.2) is 0 Å². The molecule has 1 aromatic carbocycles. The first-order chi connectivity index (χ1) is 13.1. The number of halogens is 2. The fraction of sp³-hybridized carbons (Fsp3) is 0.421. The molecule has 28 heavy (non-hydrogen) atoms. The molecule has 0 bridgehead atoms. The monoisotopic (exact) mass is 407 g/mol. The van der Waals surface area contributed by atoms with Crippen LogP contribution in [0.5, 0.6) is 0 Å². The molecule has 2 N–H and O–H groups in total. The summed E-state index contributed by atoms with van der Waals surface area (Å²) in [6, 6.07) is 7.33. The van der Waals surface area contributed by atoms with Crippen molar-refractivity contribution >= 4 is 29.9 Å². The first-order valence-electron chi connectivity index (χ1n) is 9.19. The molecule has 2 aromatic rings. The number of nitrogens with zero attached hydrogens (tertiary/aromatic N) is 3. The molecule has 3 heterocycles. The van der Waals surface area contributed by atoms with Crippen LogP contribution >= 0.6 is 12.4 Å². The van der Waals surface area contributed by atoms with Crippen molar-refractivity contribution in [3.05, 3.63) is 48.5 Å². The lowest BCUT2D eigenvalue weighted by atomic mass is 9.87. The Morgan fingerprint density at radius 2 is 2.00 bits per heavy atom. The summed E-state index contributed by atoms with van der Waals surface area (Å²) >= 11 is 0. The molecular formula is C19H23ClFN5O2. The first-order valence-corrected chi connectivity index (χ1v) is 9.19. The second kappa shape index (κ2) is 8.28. The topological polar surface area (TPSA) is 79.3 Å². The molecule has 4 rings (SSSR count). The number of rotatable bonds is 4. The Balaban J connectivity index is 0.00000225. The van der Waals surface area contributed by atoms with Crippen LogP contribution in [0.2, 0.25) is 0 Å². The second-order valence-corrected chi connectivity index (χ2v) is 6.99. The molecule has 2 saturated heterocycles. The summed E-state index contributed by atoms with van der Waals surface area (Å²) in [7, 11) is 0. The molecule has 2 aliphatic heterocycles. The fourth-order valence-corrected chi connectivity index (χ4v) is 3.94. The van der Waals surface area contributed by atoms with Crippen molar-refractivity contribution in [1.29, 1.82) is 0 Å². The van der Waals surface area contributed by atoms with Crippen molar-refractivity contribution < 1.29 is 14.0 Å². The number of para-hydroxylation sites is 1. The maximum atomic E-state index is 14.0. The van der Waals surface area contributed by atoms with Gasteiger partial charge in [0, 0.05) is 18.9 Å². The van der Waals surface area contributed by atoms with E-state index in [9.17, 15) is 14.0 Å². The van der Waals surface area contributed by atoms with Crippen LogP contribution in [-0.4, -0.2) is 47.3 Å². The Kier molecular flexibility index (Phi) is 6.00. The van der Waals surface area contributed by atoms with E-state index in [-0.39, 0.29) is 29.9 Å². The maximum Gasteiger partial charge on any atom is 0.249 e. The third kappa shape index (κ3) is 3.49. The fourth-order valence-electron chi connectivity index (χ4n) is 3.94. The largest absolute Gasteiger partial charge is 0.342 e. The summed E-state index contributed by atoms with van der Waals surface area (Å²) in [6.07, 6.45) is 5.08. The molecule has 2 amide bonds. The minimum Gasteiger partial charge on any atom is -0.342 e. The highest BCUT2D eigenvalue weighted by molar-refractivity contribution is 6.02. The quantitative estimate of drug-likeness (QED) is 0.804. The zero-order valence-corrected chi connectivity index (χ0v) is 16.1. The van der Waals surface area contributed by atoms with Crippen molar-refractivity contribution in [2.24, 2.45) is 0 Å². The number of nitrogens with one attached hydrogen (secondary N) is 2. The molecule has 150 valence electrons. The third-order valence-corrected chi connectivity index (χ3v) is 5.45. The van der Waals surface area contributed by atoms with E-state index < -0.39 is 17.4 Å². The number of amides is 2. The highest BCUT2D eigenvalue weighted by Crippen LogP contribution is 2.29. The van der Waals surface area contributed by atoms with Crippen molar-refractivity contribution in [3.8, 4) is 0 Å². The molecule has 7 nitrogen and oxygen atoms in total. The number of aromatic nitrogens is 2. The van der Waals surface area contributed by atoms with Crippen LogP contribution in [0.3, 0.4) is 0 Å². The SMILES string of the molecule is Cl.O=C1C(NC(=O)C2(n3cccn3)CCNCC2)CCN1c1ccccc1F. The molecule has 1 unspecified atom stereocenters. The summed E-state index contributed by atoms with van der Waals surface area (Å²) in [5.74, 6) is -0.927.